The zero-order chi connectivity index (χ0) is 25.1. The van der Waals surface area contributed by atoms with Crippen LogP contribution in [0.25, 0.3) is 5.69 Å². The molecule has 1 unspecified atom stereocenters. The second kappa shape index (κ2) is 10.1. The van der Waals surface area contributed by atoms with Crippen molar-refractivity contribution in [3.05, 3.63) is 127 Å². The maximum Gasteiger partial charge on any atom is 0.352 e. The van der Waals surface area contributed by atoms with Crippen LogP contribution in [0, 0.1) is 13.8 Å². The Morgan fingerprint density at radius 2 is 1.66 bits per heavy atom. The molecule has 0 radical (unpaired) electrons. The Bertz CT molecular complexity index is 1510. The predicted molar refractivity (Wildman–Crippen MR) is 136 cm³/mol. The number of carbonyl (C=O) groups is 1. The van der Waals surface area contributed by atoms with E-state index in [0.29, 0.717) is 16.3 Å². The Labute approximate surface area is 207 Å². The van der Waals surface area contributed by atoms with Gasteiger partial charge in [0.1, 0.15) is 0 Å². The van der Waals surface area contributed by atoms with Crippen molar-refractivity contribution < 1.29 is 4.79 Å². The van der Waals surface area contributed by atoms with Gasteiger partial charge in [-0.3, -0.25) is 14.2 Å². The highest BCUT2D eigenvalue weighted by Gasteiger charge is 2.22. The third kappa shape index (κ3) is 5.10. The molecule has 0 aliphatic heterocycles. The van der Waals surface area contributed by atoms with Crippen LogP contribution in [0.15, 0.2) is 82.4 Å². The minimum absolute atomic E-state index is 0.0980. The lowest BCUT2D eigenvalue weighted by Crippen LogP contribution is -2.46. The van der Waals surface area contributed by atoms with Crippen LogP contribution in [0.4, 0.5) is 0 Å². The standard InChI is InChI=1S/C27H25ClN4O3/c1-17-13-14-22(15-18(17)2)32-27(35)31(16-21-11-7-8-12-23(21)28)26(34)24(30-32)25(33)29-19(3)20-9-5-4-6-10-20/h4-15,19H,16H2,1-3H3,(H,29,33). The van der Waals surface area contributed by atoms with Gasteiger partial charge in [0.05, 0.1) is 18.3 Å². The molecule has 8 heteroatoms. The summed E-state index contributed by atoms with van der Waals surface area (Å²) in [5.41, 5.74) is 2.08. The molecule has 178 valence electrons. The average molecular weight is 489 g/mol. The van der Waals surface area contributed by atoms with E-state index in [1.165, 1.54) is 0 Å². The molecule has 7 nitrogen and oxygen atoms in total. The summed E-state index contributed by atoms with van der Waals surface area (Å²) in [6, 6.07) is 21.3. The molecular formula is C27H25ClN4O3. The summed E-state index contributed by atoms with van der Waals surface area (Å²) in [5.74, 6) is -0.670. The molecule has 0 aliphatic rings. The number of halogens is 1. The zero-order valence-electron chi connectivity index (χ0n) is 19.7. The van der Waals surface area contributed by atoms with Crippen molar-refractivity contribution in [2.75, 3.05) is 0 Å². The summed E-state index contributed by atoms with van der Waals surface area (Å²) in [4.78, 5) is 40.0. The van der Waals surface area contributed by atoms with E-state index in [-0.39, 0.29) is 18.3 Å². The fourth-order valence-corrected chi connectivity index (χ4v) is 3.90. The number of nitrogens with one attached hydrogen (secondary N) is 1. The van der Waals surface area contributed by atoms with Crippen molar-refractivity contribution in [1.29, 1.82) is 0 Å². The molecule has 1 aromatic heterocycles. The number of rotatable bonds is 6. The molecule has 0 spiro atoms. The first-order chi connectivity index (χ1) is 16.8. The van der Waals surface area contributed by atoms with Gasteiger partial charge in [-0.05, 0) is 61.2 Å². The molecule has 0 aliphatic carbocycles. The fourth-order valence-electron chi connectivity index (χ4n) is 3.71. The minimum atomic E-state index is -0.784. The van der Waals surface area contributed by atoms with Gasteiger partial charge in [0.15, 0.2) is 0 Å². The van der Waals surface area contributed by atoms with Crippen LogP contribution in [-0.2, 0) is 6.54 Å². The van der Waals surface area contributed by atoms with Crippen molar-refractivity contribution in [1.82, 2.24) is 19.7 Å². The number of aryl methyl sites for hydroxylation is 2. The smallest absolute Gasteiger partial charge is 0.344 e. The van der Waals surface area contributed by atoms with E-state index in [0.717, 1.165) is 25.9 Å². The summed E-state index contributed by atoms with van der Waals surface area (Å²) in [6.45, 7) is 5.59. The number of benzene rings is 3. The monoisotopic (exact) mass is 488 g/mol. The summed E-state index contributed by atoms with van der Waals surface area (Å²) in [6.07, 6.45) is 0. The normalized spacial score (nSPS) is 11.8. The number of carbonyl (C=O) groups excluding carboxylic acids is 1. The van der Waals surface area contributed by atoms with Crippen LogP contribution in [0.5, 0.6) is 0 Å². The van der Waals surface area contributed by atoms with E-state index < -0.39 is 17.2 Å². The van der Waals surface area contributed by atoms with E-state index in [2.05, 4.69) is 10.4 Å². The first-order valence-electron chi connectivity index (χ1n) is 11.2. The van der Waals surface area contributed by atoms with Gasteiger partial charge in [-0.1, -0.05) is 66.2 Å². The van der Waals surface area contributed by atoms with E-state index in [1.807, 2.05) is 57.2 Å². The molecule has 1 N–H and O–H groups in total. The Kier molecular flexibility index (Phi) is 6.98. The minimum Gasteiger partial charge on any atom is -0.344 e. The molecular weight excluding hydrogens is 464 g/mol. The lowest BCUT2D eigenvalue weighted by molar-refractivity contribution is 0.0930. The highest BCUT2D eigenvalue weighted by Crippen LogP contribution is 2.16. The molecule has 35 heavy (non-hydrogen) atoms. The Morgan fingerprint density at radius 3 is 2.34 bits per heavy atom. The number of amides is 1. The summed E-state index contributed by atoms with van der Waals surface area (Å²) < 4.78 is 2.08. The number of aromatic nitrogens is 3. The van der Waals surface area contributed by atoms with Gasteiger partial charge in [0.25, 0.3) is 11.5 Å². The lowest BCUT2D eigenvalue weighted by atomic mass is 10.1. The number of hydrogen-bond acceptors (Lipinski definition) is 4. The number of nitrogens with zero attached hydrogens (tertiary/aromatic N) is 3. The zero-order valence-corrected chi connectivity index (χ0v) is 20.4. The molecule has 1 atom stereocenters. The average Bonchev–Trinajstić information content (AvgIpc) is 2.85. The lowest BCUT2D eigenvalue weighted by Gasteiger charge is -2.16. The molecule has 0 saturated heterocycles. The van der Waals surface area contributed by atoms with Gasteiger partial charge in [-0.15, -0.1) is 0 Å². The van der Waals surface area contributed by atoms with Gasteiger partial charge in [-0.25, -0.2) is 4.79 Å². The Hall–Kier alpha value is -3.97. The van der Waals surface area contributed by atoms with Crippen LogP contribution >= 0.6 is 11.6 Å². The molecule has 4 rings (SSSR count). The second-order valence-electron chi connectivity index (χ2n) is 8.40. The van der Waals surface area contributed by atoms with Crippen molar-refractivity contribution >= 4 is 17.5 Å². The molecule has 0 saturated carbocycles. The molecule has 1 amide bonds. The first kappa shape index (κ1) is 24.2. The van der Waals surface area contributed by atoms with Crippen LogP contribution < -0.4 is 16.6 Å². The van der Waals surface area contributed by atoms with Gasteiger partial charge in [0, 0.05) is 5.02 Å². The van der Waals surface area contributed by atoms with E-state index in [1.54, 1.807) is 36.4 Å². The summed E-state index contributed by atoms with van der Waals surface area (Å²) in [5, 5.41) is 7.44. The van der Waals surface area contributed by atoms with E-state index in [4.69, 9.17) is 11.6 Å². The quantitative estimate of drug-likeness (QED) is 0.440. The van der Waals surface area contributed by atoms with Crippen molar-refractivity contribution in [2.24, 2.45) is 0 Å². The van der Waals surface area contributed by atoms with Gasteiger partial charge >= 0.3 is 5.69 Å². The maximum atomic E-state index is 13.4. The number of hydrogen-bond donors (Lipinski definition) is 1. The van der Waals surface area contributed by atoms with Crippen LogP contribution in [0.1, 0.15) is 45.7 Å². The Balaban J connectivity index is 1.84. The fraction of sp³-hybridized carbons (Fsp3) is 0.185. The molecule has 0 fully saturated rings. The third-order valence-electron chi connectivity index (χ3n) is 5.94. The predicted octanol–water partition coefficient (Wildman–Crippen LogP) is 4.20. The van der Waals surface area contributed by atoms with Crippen molar-refractivity contribution in [2.45, 2.75) is 33.4 Å². The largest absolute Gasteiger partial charge is 0.352 e. The molecule has 0 bridgehead atoms. The van der Waals surface area contributed by atoms with Gasteiger partial charge in [0.2, 0.25) is 5.69 Å². The topological polar surface area (TPSA) is 86.0 Å². The summed E-state index contributed by atoms with van der Waals surface area (Å²) in [7, 11) is 0. The van der Waals surface area contributed by atoms with Gasteiger partial charge < -0.3 is 5.32 Å². The summed E-state index contributed by atoms with van der Waals surface area (Å²) >= 11 is 6.29. The van der Waals surface area contributed by atoms with Crippen molar-refractivity contribution in [3.8, 4) is 5.69 Å². The first-order valence-corrected chi connectivity index (χ1v) is 11.5. The second-order valence-corrected chi connectivity index (χ2v) is 8.81. The third-order valence-corrected chi connectivity index (χ3v) is 6.31. The highest BCUT2D eigenvalue weighted by atomic mass is 35.5. The van der Waals surface area contributed by atoms with Crippen molar-refractivity contribution in [3.63, 3.8) is 0 Å². The SMILES string of the molecule is Cc1ccc(-n2nc(C(=O)NC(C)c3ccccc3)c(=O)n(Cc3ccccc3Cl)c2=O)cc1C. The Morgan fingerprint density at radius 1 is 0.971 bits per heavy atom. The van der Waals surface area contributed by atoms with Crippen LogP contribution in [-0.4, -0.2) is 20.3 Å². The maximum absolute atomic E-state index is 13.4. The van der Waals surface area contributed by atoms with Crippen LogP contribution in [0.3, 0.4) is 0 Å². The highest BCUT2D eigenvalue weighted by molar-refractivity contribution is 6.31. The molecule has 3 aromatic carbocycles. The van der Waals surface area contributed by atoms with E-state index >= 15 is 0 Å². The van der Waals surface area contributed by atoms with Gasteiger partial charge in [-0.2, -0.15) is 9.78 Å². The van der Waals surface area contributed by atoms with Crippen LogP contribution in [0.2, 0.25) is 5.02 Å². The molecule has 1 heterocycles. The molecule has 4 aromatic rings. The van der Waals surface area contributed by atoms with E-state index in [9.17, 15) is 14.4 Å².